The Morgan fingerprint density at radius 1 is 1.05 bits per heavy atom. The summed E-state index contributed by atoms with van der Waals surface area (Å²) in [5, 5.41) is 5.51. The van der Waals surface area contributed by atoms with Gasteiger partial charge in [0, 0.05) is 11.3 Å². The van der Waals surface area contributed by atoms with E-state index in [1.807, 2.05) is 49.4 Å². The molecule has 0 atom stereocenters. The van der Waals surface area contributed by atoms with Crippen molar-refractivity contribution < 1.29 is 4.79 Å². The number of anilines is 2. The second-order valence-corrected chi connectivity index (χ2v) is 4.75. The Balaban J connectivity index is 2.16. The molecular formula is C15H15N3OS. The lowest BCUT2D eigenvalue weighted by Crippen LogP contribution is -2.22. The molecule has 102 valence electrons. The summed E-state index contributed by atoms with van der Waals surface area (Å²) in [6.45, 7) is 1.90. The van der Waals surface area contributed by atoms with Gasteiger partial charge in [0.2, 0.25) is 0 Å². The maximum absolute atomic E-state index is 12.0. The predicted molar refractivity (Wildman–Crippen MR) is 86.1 cm³/mol. The summed E-state index contributed by atoms with van der Waals surface area (Å²) >= 11 is 5.03. The fourth-order valence-corrected chi connectivity index (χ4v) is 2.18. The lowest BCUT2D eigenvalue weighted by Gasteiger charge is -2.13. The predicted octanol–water partition coefficient (Wildman–Crippen LogP) is 3.27. The molecule has 2 amide bonds. The molecule has 0 aliphatic carbocycles. The fourth-order valence-electron chi connectivity index (χ4n) is 1.91. The van der Waals surface area contributed by atoms with Gasteiger partial charge in [0.05, 0.1) is 5.69 Å². The van der Waals surface area contributed by atoms with Crippen molar-refractivity contribution in [3.63, 3.8) is 0 Å². The van der Waals surface area contributed by atoms with Crippen LogP contribution in [-0.2, 0) is 0 Å². The van der Waals surface area contributed by atoms with Crippen molar-refractivity contribution in [2.75, 3.05) is 10.6 Å². The first kappa shape index (κ1) is 14.0. The molecule has 20 heavy (non-hydrogen) atoms. The van der Waals surface area contributed by atoms with Crippen molar-refractivity contribution in [2.24, 2.45) is 5.73 Å². The number of para-hydroxylation sites is 1. The van der Waals surface area contributed by atoms with E-state index in [9.17, 15) is 4.79 Å². The van der Waals surface area contributed by atoms with Crippen molar-refractivity contribution in [3.05, 3.63) is 59.7 Å². The molecule has 0 aromatic heterocycles. The third-order valence-electron chi connectivity index (χ3n) is 2.80. The van der Waals surface area contributed by atoms with Crippen LogP contribution >= 0.6 is 12.2 Å². The van der Waals surface area contributed by atoms with E-state index in [4.69, 9.17) is 18.0 Å². The van der Waals surface area contributed by atoms with Crippen LogP contribution in [0, 0.1) is 6.92 Å². The summed E-state index contributed by atoms with van der Waals surface area (Å²) in [6.07, 6.45) is 0. The van der Waals surface area contributed by atoms with Crippen LogP contribution in [0.25, 0.3) is 0 Å². The van der Waals surface area contributed by atoms with E-state index < -0.39 is 0 Å². The summed E-state index contributed by atoms with van der Waals surface area (Å²) in [5.74, 6) is 0. The smallest absolute Gasteiger partial charge is 0.323 e. The van der Waals surface area contributed by atoms with Gasteiger partial charge in [0.15, 0.2) is 0 Å². The quantitative estimate of drug-likeness (QED) is 0.758. The van der Waals surface area contributed by atoms with Crippen molar-refractivity contribution >= 4 is 34.6 Å². The molecule has 0 bridgehead atoms. The number of nitrogens with two attached hydrogens (primary N) is 1. The van der Waals surface area contributed by atoms with Gasteiger partial charge in [0.25, 0.3) is 0 Å². The van der Waals surface area contributed by atoms with Gasteiger partial charge >= 0.3 is 6.03 Å². The van der Waals surface area contributed by atoms with E-state index in [0.29, 0.717) is 11.3 Å². The topological polar surface area (TPSA) is 67.2 Å². The standard InChI is InChI=1S/C15H15N3OS/c1-10-6-5-9-12(13(10)14(16)20)18-15(19)17-11-7-3-2-4-8-11/h2-9H,1H3,(H2,16,20)(H2,17,18,19). The average molecular weight is 285 g/mol. The van der Waals surface area contributed by atoms with E-state index in [-0.39, 0.29) is 11.0 Å². The van der Waals surface area contributed by atoms with E-state index in [0.717, 1.165) is 11.3 Å². The van der Waals surface area contributed by atoms with Crippen molar-refractivity contribution in [1.29, 1.82) is 0 Å². The molecule has 0 spiro atoms. The molecule has 0 unspecified atom stereocenters. The number of urea groups is 1. The number of hydrogen-bond donors (Lipinski definition) is 3. The number of carbonyl (C=O) groups is 1. The highest BCUT2D eigenvalue weighted by atomic mass is 32.1. The van der Waals surface area contributed by atoms with Crippen LogP contribution in [0.5, 0.6) is 0 Å². The molecule has 0 heterocycles. The van der Waals surface area contributed by atoms with E-state index >= 15 is 0 Å². The van der Waals surface area contributed by atoms with Gasteiger partial charge in [-0.2, -0.15) is 0 Å². The Hall–Kier alpha value is -2.40. The number of benzene rings is 2. The summed E-state index contributed by atoms with van der Waals surface area (Å²) < 4.78 is 0. The van der Waals surface area contributed by atoms with Gasteiger partial charge in [-0.25, -0.2) is 4.79 Å². The van der Waals surface area contributed by atoms with Gasteiger partial charge < -0.3 is 16.4 Å². The molecule has 2 aromatic carbocycles. The van der Waals surface area contributed by atoms with Crippen molar-refractivity contribution in [1.82, 2.24) is 0 Å². The monoisotopic (exact) mass is 285 g/mol. The van der Waals surface area contributed by atoms with E-state index in [2.05, 4.69) is 10.6 Å². The number of rotatable bonds is 3. The largest absolute Gasteiger partial charge is 0.389 e. The third-order valence-corrected chi connectivity index (χ3v) is 3.00. The minimum atomic E-state index is -0.334. The van der Waals surface area contributed by atoms with E-state index in [1.165, 1.54) is 0 Å². The van der Waals surface area contributed by atoms with Gasteiger partial charge in [-0.3, -0.25) is 0 Å². The highest BCUT2D eigenvalue weighted by molar-refractivity contribution is 7.80. The van der Waals surface area contributed by atoms with Crippen molar-refractivity contribution in [2.45, 2.75) is 6.92 Å². The molecule has 5 heteroatoms. The Kier molecular flexibility index (Phi) is 4.32. The van der Waals surface area contributed by atoms with Crippen LogP contribution in [0.15, 0.2) is 48.5 Å². The molecule has 4 nitrogen and oxygen atoms in total. The zero-order valence-electron chi connectivity index (χ0n) is 11.0. The summed E-state index contributed by atoms with van der Waals surface area (Å²) in [7, 11) is 0. The summed E-state index contributed by atoms with van der Waals surface area (Å²) in [6, 6.07) is 14.4. The number of carbonyl (C=O) groups excluding carboxylic acids is 1. The minimum absolute atomic E-state index is 0.262. The molecule has 0 fully saturated rings. The molecule has 2 rings (SSSR count). The van der Waals surface area contributed by atoms with Gasteiger partial charge in [-0.15, -0.1) is 0 Å². The SMILES string of the molecule is Cc1cccc(NC(=O)Nc2ccccc2)c1C(N)=S. The minimum Gasteiger partial charge on any atom is -0.389 e. The molecule has 4 N–H and O–H groups in total. The summed E-state index contributed by atoms with van der Waals surface area (Å²) in [4.78, 5) is 12.2. The maximum Gasteiger partial charge on any atom is 0.323 e. The lowest BCUT2D eigenvalue weighted by molar-refractivity contribution is 0.262. The summed E-state index contributed by atoms with van der Waals surface area (Å²) in [5.41, 5.74) is 8.64. The fraction of sp³-hybridized carbons (Fsp3) is 0.0667. The maximum atomic E-state index is 12.0. The Morgan fingerprint density at radius 2 is 1.75 bits per heavy atom. The molecule has 0 aliphatic rings. The Morgan fingerprint density at radius 3 is 2.40 bits per heavy atom. The van der Waals surface area contributed by atoms with Gasteiger partial charge in [0.1, 0.15) is 4.99 Å². The van der Waals surface area contributed by atoms with Gasteiger partial charge in [-0.1, -0.05) is 42.5 Å². The molecule has 0 radical (unpaired) electrons. The number of hydrogen-bond acceptors (Lipinski definition) is 2. The highest BCUT2D eigenvalue weighted by Gasteiger charge is 2.11. The number of aryl methyl sites for hydroxylation is 1. The first-order valence-electron chi connectivity index (χ1n) is 6.10. The third kappa shape index (κ3) is 3.33. The van der Waals surface area contributed by atoms with Crippen LogP contribution in [0.2, 0.25) is 0 Å². The second-order valence-electron chi connectivity index (χ2n) is 4.31. The van der Waals surface area contributed by atoms with Crippen LogP contribution < -0.4 is 16.4 Å². The van der Waals surface area contributed by atoms with E-state index in [1.54, 1.807) is 6.07 Å². The van der Waals surface area contributed by atoms with Crippen LogP contribution in [-0.4, -0.2) is 11.0 Å². The average Bonchev–Trinajstić information content (AvgIpc) is 2.39. The molecule has 2 aromatic rings. The lowest BCUT2D eigenvalue weighted by atomic mass is 10.1. The van der Waals surface area contributed by atoms with Crippen LogP contribution in [0.1, 0.15) is 11.1 Å². The molecule has 0 saturated carbocycles. The molecule has 0 aliphatic heterocycles. The highest BCUT2D eigenvalue weighted by Crippen LogP contribution is 2.19. The van der Waals surface area contributed by atoms with Crippen LogP contribution in [0.4, 0.5) is 16.2 Å². The number of amides is 2. The zero-order chi connectivity index (χ0) is 14.5. The Bertz CT molecular complexity index is 641. The number of nitrogens with one attached hydrogen (secondary N) is 2. The number of thiocarbonyl (C=S) groups is 1. The second kappa shape index (κ2) is 6.16. The first-order chi connectivity index (χ1) is 9.58. The molecule has 0 saturated heterocycles. The van der Waals surface area contributed by atoms with Gasteiger partial charge in [-0.05, 0) is 30.7 Å². The van der Waals surface area contributed by atoms with Crippen molar-refractivity contribution in [3.8, 4) is 0 Å². The Labute approximate surface area is 123 Å². The molecular weight excluding hydrogens is 270 g/mol. The van der Waals surface area contributed by atoms with Crippen LogP contribution in [0.3, 0.4) is 0 Å². The first-order valence-corrected chi connectivity index (χ1v) is 6.51. The zero-order valence-corrected chi connectivity index (χ0v) is 11.8. The normalized spacial score (nSPS) is 9.85.